The van der Waals surface area contributed by atoms with Gasteiger partial charge in [0, 0.05) is 38.4 Å². The molecule has 1 saturated heterocycles. The normalized spacial score (nSPS) is 17.7. The summed E-state index contributed by atoms with van der Waals surface area (Å²) in [6, 6.07) is 10.1. The van der Waals surface area contributed by atoms with E-state index in [0.29, 0.717) is 30.9 Å². The van der Waals surface area contributed by atoms with E-state index in [1.54, 1.807) is 17.0 Å². The molecule has 2 aliphatic rings. The lowest BCUT2D eigenvalue weighted by Gasteiger charge is -2.20. The average molecular weight is 439 g/mol. The summed E-state index contributed by atoms with van der Waals surface area (Å²) in [5, 5.41) is 0. The van der Waals surface area contributed by atoms with Gasteiger partial charge in [-0.3, -0.25) is 4.90 Å². The third kappa shape index (κ3) is 4.01. The van der Waals surface area contributed by atoms with Crippen LogP contribution in [0.5, 0.6) is 0 Å². The molecule has 0 radical (unpaired) electrons. The number of amides is 2. The fourth-order valence-electron chi connectivity index (χ4n) is 3.79. The van der Waals surface area contributed by atoms with Crippen LogP contribution in [0.25, 0.3) is 0 Å². The zero-order chi connectivity index (χ0) is 21.7. The molecule has 4 rings (SSSR count). The van der Waals surface area contributed by atoms with E-state index in [1.807, 2.05) is 12.1 Å². The summed E-state index contributed by atoms with van der Waals surface area (Å²) in [5.41, 5.74) is 2.08. The predicted molar refractivity (Wildman–Crippen MR) is 105 cm³/mol. The minimum atomic E-state index is -4.43. The van der Waals surface area contributed by atoms with Gasteiger partial charge in [0.2, 0.25) is 10.0 Å². The molecular formula is C20H20F3N3O3S. The highest BCUT2D eigenvalue weighted by Gasteiger charge is 2.33. The van der Waals surface area contributed by atoms with Gasteiger partial charge in [-0.25, -0.2) is 13.2 Å². The molecule has 0 aromatic heterocycles. The van der Waals surface area contributed by atoms with Crippen molar-refractivity contribution in [3.8, 4) is 0 Å². The monoisotopic (exact) mass is 439 g/mol. The number of carbonyl (C=O) groups excluding carboxylic acids is 1. The lowest BCUT2D eigenvalue weighted by atomic mass is 10.1. The molecule has 0 aliphatic carbocycles. The van der Waals surface area contributed by atoms with Gasteiger partial charge >= 0.3 is 12.2 Å². The number of hydrogen-bond donors (Lipinski definition) is 0. The van der Waals surface area contributed by atoms with Gasteiger partial charge in [0.15, 0.2) is 0 Å². The summed E-state index contributed by atoms with van der Waals surface area (Å²) in [6.45, 7) is 1.46. The number of halogens is 3. The molecule has 0 N–H and O–H groups in total. The SMILES string of the molecule is CS(=O)(=O)N1Cc2ccc(N3CCN(Cc4cccc(C(F)(F)F)c4)C3=O)cc2C1. The van der Waals surface area contributed by atoms with Crippen molar-refractivity contribution < 1.29 is 26.4 Å². The number of sulfonamides is 1. The Balaban J connectivity index is 1.49. The fourth-order valence-corrected chi connectivity index (χ4v) is 4.53. The van der Waals surface area contributed by atoms with Crippen molar-refractivity contribution in [3.05, 3.63) is 64.7 Å². The zero-order valence-corrected chi connectivity index (χ0v) is 17.0. The molecular weight excluding hydrogens is 419 g/mol. The molecule has 0 saturated carbocycles. The van der Waals surface area contributed by atoms with E-state index in [9.17, 15) is 26.4 Å². The van der Waals surface area contributed by atoms with Crippen molar-refractivity contribution in [3.63, 3.8) is 0 Å². The van der Waals surface area contributed by atoms with Crippen LogP contribution >= 0.6 is 0 Å². The van der Waals surface area contributed by atoms with Crippen LogP contribution in [-0.2, 0) is 35.8 Å². The van der Waals surface area contributed by atoms with Crippen LogP contribution in [0, 0.1) is 0 Å². The summed E-state index contributed by atoms with van der Waals surface area (Å²) in [6.07, 6.45) is -3.27. The van der Waals surface area contributed by atoms with Crippen LogP contribution in [0.3, 0.4) is 0 Å². The Morgan fingerprint density at radius 3 is 2.43 bits per heavy atom. The highest BCUT2D eigenvalue weighted by Crippen LogP contribution is 2.32. The Morgan fingerprint density at radius 1 is 1.00 bits per heavy atom. The molecule has 2 aromatic carbocycles. The summed E-state index contributed by atoms with van der Waals surface area (Å²) in [4.78, 5) is 15.9. The van der Waals surface area contributed by atoms with Crippen molar-refractivity contribution in [1.29, 1.82) is 0 Å². The van der Waals surface area contributed by atoms with E-state index in [4.69, 9.17) is 0 Å². The van der Waals surface area contributed by atoms with Gasteiger partial charge in [0.25, 0.3) is 0 Å². The number of benzene rings is 2. The smallest absolute Gasteiger partial charge is 0.318 e. The van der Waals surface area contributed by atoms with E-state index in [0.717, 1.165) is 29.5 Å². The molecule has 0 bridgehead atoms. The lowest BCUT2D eigenvalue weighted by Crippen LogP contribution is -2.31. The quantitative estimate of drug-likeness (QED) is 0.734. The van der Waals surface area contributed by atoms with Crippen LogP contribution in [0.15, 0.2) is 42.5 Å². The second kappa shape index (κ2) is 7.28. The molecule has 0 unspecified atom stereocenters. The Bertz CT molecular complexity index is 1100. The third-order valence-corrected chi connectivity index (χ3v) is 6.58. The standard InChI is InChI=1S/C20H20F3N3O3S/c1-30(28,29)25-12-15-5-6-18(10-16(15)13-25)26-8-7-24(19(26)27)11-14-3-2-4-17(9-14)20(21,22)23/h2-6,9-10H,7-8,11-13H2,1H3. The zero-order valence-electron chi connectivity index (χ0n) is 16.2. The number of urea groups is 1. The average Bonchev–Trinajstić information content (AvgIpc) is 3.25. The molecule has 0 atom stereocenters. The summed E-state index contributed by atoms with van der Waals surface area (Å²) in [7, 11) is -3.31. The molecule has 160 valence electrons. The molecule has 0 spiro atoms. The van der Waals surface area contributed by atoms with E-state index in [2.05, 4.69) is 0 Å². The van der Waals surface area contributed by atoms with Crippen LogP contribution in [-0.4, -0.2) is 43.0 Å². The Labute approximate surface area is 172 Å². The Hall–Kier alpha value is -2.59. The molecule has 2 heterocycles. The van der Waals surface area contributed by atoms with Crippen molar-refractivity contribution >= 4 is 21.7 Å². The second-order valence-electron chi connectivity index (χ2n) is 7.54. The molecule has 6 nitrogen and oxygen atoms in total. The van der Waals surface area contributed by atoms with Crippen molar-refractivity contribution in [2.75, 3.05) is 24.2 Å². The number of carbonyl (C=O) groups is 1. The number of fused-ring (bicyclic) bond motifs is 1. The van der Waals surface area contributed by atoms with Crippen LogP contribution in [0.1, 0.15) is 22.3 Å². The lowest BCUT2D eigenvalue weighted by molar-refractivity contribution is -0.137. The van der Waals surface area contributed by atoms with Gasteiger partial charge in [-0.15, -0.1) is 0 Å². The number of anilines is 1. The highest BCUT2D eigenvalue weighted by molar-refractivity contribution is 7.88. The maximum absolute atomic E-state index is 12.9. The van der Waals surface area contributed by atoms with Gasteiger partial charge in [0.1, 0.15) is 0 Å². The minimum Gasteiger partial charge on any atom is -0.318 e. The number of nitrogens with zero attached hydrogens (tertiary/aromatic N) is 3. The predicted octanol–water partition coefficient (Wildman–Crippen LogP) is 3.42. The molecule has 10 heteroatoms. The summed E-state index contributed by atoms with van der Waals surface area (Å²) in [5.74, 6) is 0. The maximum atomic E-state index is 12.9. The first-order chi connectivity index (χ1) is 14.0. The van der Waals surface area contributed by atoms with Gasteiger partial charge in [-0.1, -0.05) is 18.2 Å². The van der Waals surface area contributed by atoms with Crippen molar-refractivity contribution in [2.24, 2.45) is 0 Å². The first kappa shape index (κ1) is 20.7. The summed E-state index contributed by atoms with van der Waals surface area (Å²) < 4.78 is 63.7. The van der Waals surface area contributed by atoms with E-state index in [-0.39, 0.29) is 19.1 Å². The van der Waals surface area contributed by atoms with E-state index >= 15 is 0 Å². The van der Waals surface area contributed by atoms with E-state index in [1.165, 1.54) is 15.3 Å². The van der Waals surface area contributed by atoms with Gasteiger partial charge in [-0.05, 0) is 41.0 Å². The number of alkyl halides is 3. The van der Waals surface area contributed by atoms with E-state index < -0.39 is 21.8 Å². The molecule has 2 amide bonds. The maximum Gasteiger partial charge on any atom is 0.416 e. The largest absolute Gasteiger partial charge is 0.416 e. The van der Waals surface area contributed by atoms with Crippen molar-refractivity contribution in [2.45, 2.75) is 25.8 Å². The second-order valence-corrected chi connectivity index (χ2v) is 9.52. The van der Waals surface area contributed by atoms with Crippen LogP contribution in [0.2, 0.25) is 0 Å². The minimum absolute atomic E-state index is 0.0893. The molecule has 2 aliphatic heterocycles. The first-order valence-electron chi connectivity index (χ1n) is 9.32. The topological polar surface area (TPSA) is 60.9 Å². The van der Waals surface area contributed by atoms with Gasteiger partial charge < -0.3 is 4.90 Å². The van der Waals surface area contributed by atoms with Crippen LogP contribution in [0.4, 0.5) is 23.7 Å². The molecule has 1 fully saturated rings. The number of rotatable bonds is 4. The van der Waals surface area contributed by atoms with Crippen LogP contribution < -0.4 is 4.90 Å². The molecule has 30 heavy (non-hydrogen) atoms. The fraction of sp³-hybridized carbons (Fsp3) is 0.350. The Morgan fingerprint density at radius 2 is 1.73 bits per heavy atom. The first-order valence-corrected chi connectivity index (χ1v) is 11.2. The molecule has 2 aromatic rings. The highest BCUT2D eigenvalue weighted by atomic mass is 32.2. The summed E-state index contributed by atoms with van der Waals surface area (Å²) >= 11 is 0. The van der Waals surface area contributed by atoms with Gasteiger partial charge in [-0.2, -0.15) is 17.5 Å². The van der Waals surface area contributed by atoms with Gasteiger partial charge in [0.05, 0.1) is 11.8 Å². The Kier molecular flexibility index (Phi) is 5.01. The van der Waals surface area contributed by atoms with Crippen molar-refractivity contribution in [1.82, 2.24) is 9.21 Å². The number of hydrogen-bond acceptors (Lipinski definition) is 3. The third-order valence-electron chi connectivity index (χ3n) is 5.39.